The van der Waals surface area contributed by atoms with Gasteiger partial charge in [0.2, 0.25) is 5.91 Å². The first-order valence-corrected chi connectivity index (χ1v) is 11.7. The molecule has 0 aliphatic heterocycles. The summed E-state index contributed by atoms with van der Waals surface area (Å²) in [6.07, 6.45) is 10.7. The number of amides is 1. The van der Waals surface area contributed by atoms with Gasteiger partial charge in [0.1, 0.15) is 5.69 Å². The highest BCUT2D eigenvalue weighted by atomic mass is 16.2. The lowest BCUT2D eigenvalue weighted by atomic mass is 10.0. The molecule has 1 aliphatic carbocycles. The molecular weight excluding hydrogens is 452 g/mol. The van der Waals surface area contributed by atoms with Gasteiger partial charge in [-0.15, -0.1) is 0 Å². The summed E-state index contributed by atoms with van der Waals surface area (Å²) in [5.74, 6) is 0.821. The molecule has 1 fully saturated rings. The minimum absolute atomic E-state index is 0.0608. The van der Waals surface area contributed by atoms with Crippen molar-refractivity contribution in [3.63, 3.8) is 0 Å². The van der Waals surface area contributed by atoms with Crippen LogP contribution in [0.25, 0.3) is 55.8 Å². The molecular formula is C27H20N8O. The van der Waals surface area contributed by atoms with Gasteiger partial charge in [-0.3, -0.25) is 19.9 Å². The number of nitrogens with one attached hydrogen (secondary N) is 3. The Labute approximate surface area is 205 Å². The summed E-state index contributed by atoms with van der Waals surface area (Å²) in [4.78, 5) is 33.4. The zero-order valence-electron chi connectivity index (χ0n) is 19.1. The van der Waals surface area contributed by atoms with E-state index in [1.807, 2.05) is 42.6 Å². The van der Waals surface area contributed by atoms with Gasteiger partial charge in [-0.1, -0.05) is 12.1 Å². The van der Waals surface area contributed by atoms with Crippen LogP contribution in [0.4, 0.5) is 5.69 Å². The molecule has 5 aromatic heterocycles. The number of aromatic amines is 2. The van der Waals surface area contributed by atoms with Gasteiger partial charge in [-0.05, 0) is 48.7 Å². The molecule has 1 saturated carbocycles. The average Bonchev–Trinajstić information content (AvgIpc) is 3.55. The van der Waals surface area contributed by atoms with E-state index >= 15 is 0 Å². The van der Waals surface area contributed by atoms with Crippen LogP contribution in [0, 0.1) is 5.92 Å². The Hall–Kier alpha value is -4.92. The second-order valence-electron chi connectivity index (χ2n) is 8.94. The number of carbonyl (C=O) groups excluding carboxylic acids is 1. The fraction of sp³-hybridized carbons (Fsp3) is 0.111. The van der Waals surface area contributed by atoms with Gasteiger partial charge in [-0.2, -0.15) is 5.10 Å². The third-order valence-electron chi connectivity index (χ3n) is 6.44. The van der Waals surface area contributed by atoms with Crippen LogP contribution in [0.1, 0.15) is 12.8 Å². The van der Waals surface area contributed by atoms with Crippen molar-refractivity contribution in [1.82, 2.24) is 35.1 Å². The quantitative estimate of drug-likeness (QED) is 0.325. The van der Waals surface area contributed by atoms with E-state index in [0.717, 1.165) is 51.5 Å². The molecule has 0 atom stereocenters. The number of benzene rings is 1. The van der Waals surface area contributed by atoms with E-state index < -0.39 is 0 Å². The number of rotatable bonds is 5. The summed E-state index contributed by atoms with van der Waals surface area (Å²) in [5.41, 5.74) is 7.56. The Morgan fingerprint density at radius 3 is 2.72 bits per heavy atom. The van der Waals surface area contributed by atoms with Gasteiger partial charge >= 0.3 is 0 Å². The summed E-state index contributed by atoms with van der Waals surface area (Å²) in [5, 5.41) is 11.5. The largest absolute Gasteiger partial charge is 0.335 e. The minimum Gasteiger partial charge on any atom is -0.335 e. The number of pyridine rings is 3. The third kappa shape index (κ3) is 3.58. The van der Waals surface area contributed by atoms with Gasteiger partial charge in [0.05, 0.1) is 22.9 Å². The van der Waals surface area contributed by atoms with E-state index in [-0.39, 0.29) is 11.8 Å². The van der Waals surface area contributed by atoms with Crippen LogP contribution in [-0.4, -0.2) is 41.0 Å². The molecule has 5 heterocycles. The number of nitrogens with zero attached hydrogens (tertiary/aromatic N) is 5. The molecule has 174 valence electrons. The van der Waals surface area contributed by atoms with Gasteiger partial charge in [0, 0.05) is 52.8 Å². The molecule has 1 aromatic carbocycles. The van der Waals surface area contributed by atoms with Crippen molar-refractivity contribution in [2.75, 3.05) is 5.32 Å². The molecule has 0 bridgehead atoms. The first-order valence-electron chi connectivity index (χ1n) is 11.7. The van der Waals surface area contributed by atoms with Crippen molar-refractivity contribution < 1.29 is 4.79 Å². The molecule has 9 nitrogen and oxygen atoms in total. The molecule has 1 aliphatic rings. The van der Waals surface area contributed by atoms with E-state index in [9.17, 15) is 4.79 Å². The monoisotopic (exact) mass is 472 g/mol. The molecule has 7 rings (SSSR count). The van der Waals surface area contributed by atoms with Crippen LogP contribution in [0.3, 0.4) is 0 Å². The van der Waals surface area contributed by atoms with E-state index in [2.05, 4.69) is 41.5 Å². The second kappa shape index (κ2) is 8.09. The molecule has 3 N–H and O–H groups in total. The standard InChI is InChI=1S/C27H20N8O/c36-27(15-3-4-15)31-19-10-18(13-29-14-19)16-5-6-22-21(11-16)24(35-34-22)26-32-23-20(7-9-30-25(23)33-26)17-2-1-8-28-12-17/h1-2,5-15H,3-4H2,(H,31,36)(H,34,35)(H,30,32,33). The van der Waals surface area contributed by atoms with Gasteiger partial charge in [0.25, 0.3) is 0 Å². The predicted molar refractivity (Wildman–Crippen MR) is 137 cm³/mol. The Morgan fingerprint density at radius 2 is 1.86 bits per heavy atom. The number of imidazole rings is 1. The van der Waals surface area contributed by atoms with Crippen LogP contribution < -0.4 is 5.32 Å². The highest BCUT2D eigenvalue weighted by Crippen LogP contribution is 2.33. The Morgan fingerprint density at radius 1 is 0.944 bits per heavy atom. The lowest BCUT2D eigenvalue weighted by molar-refractivity contribution is -0.117. The SMILES string of the molecule is O=C(Nc1cncc(-c2ccc3[nH]nc(-c4nc5nccc(-c6cccnc6)c5[nH]4)c3c2)c1)C1CC1. The number of fused-ring (bicyclic) bond motifs is 2. The lowest BCUT2D eigenvalue weighted by Crippen LogP contribution is -2.13. The van der Waals surface area contributed by atoms with Crippen LogP contribution in [0.5, 0.6) is 0 Å². The molecule has 0 radical (unpaired) electrons. The predicted octanol–water partition coefficient (Wildman–Crippen LogP) is 4.97. The number of hydrogen-bond acceptors (Lipinski definition) is 6. The van der Waals surface area contributed by atoms with E-state index in [4.69, 9.17) is 4.98 Å². The van der Waals surface area contributed by atoms with E-state index in [0.29, 0.717) is 22.9 Å². The van der Waals surface area contributed by atoms with Gasteiger partial charge in [-0.25, -0.2) is 9.97 Å². The molecule has 36 heavy (non-hydrogen) atoms. The zero-order valence-corrected chi connectivity index (χ0v) is 19.1. The van der Waals surface area contributed by atoms with Crippen molar-refractivity contribution in [2.24, 2.45) is 5.92 Å². The number of carbonyl (C=O) groups is 1. The molecule has 6 aromatic rings. The highest BCUT2D eigenvalue weighted by molar-refractivity contribution is 5.98. The lowest BCUT2D eigenvalue weighted by Gasteiger charge is -2.07. The molecule has 0 saturated heterocycles. The Kier molecular flexibility index (Phi) is 4.60. The van der Waals surface area contributed by atoms with Crippen molar-refractivity contribution in [1.29, 1.82) is 0 Å². The first kappa shape index (κ1) is 20.5. The number of aromatic nitrogens is 7. The Balaban J connectivity index is 1.28. The van der Waals surface area contributed by atoms with Crippen LogP contribution in [0.2, 0.25) is 0 Å². The summed E-state index contributed by atoms with van der Waals surface area (Å²) in [7, 11) is 0. The zero-order chi connectivity index (χ0) is 24.1. The van der Waals surface area contributed by atoms with Crippen molar-refractivity contribution in [3.8, 4) is 33.8 Å². The highest BCUT2D eigenvalue weighted by Gasteiger charge is 2.29. The maximum Gasteiger partial charge on any atom is 0.227 e. The van der Waals surface area contributed by atoms with Crippen LogP contribution >= 0.6 is 0 Å². The fourth-order valence-corrected chi connectivity index (χ4v) is 4.42. The van der Waals surface area contributed by atoms with Crippen LogP contribution in [-0.2, 0) is 4.79 Å². The second-order valence-corrected chi connectivity index (χ2v) is 8.94. The van der Waals surface area contributed by atoms with Crippen molar-refractivity contribution in [3.05, 3.63) is 73.4 Å². The number of anilines is 1. The van der Waals surface area contributed by atoms with E-state index in [1.165, 1.54) is 0 Å². The first-order chi connectivity index (χ1) is 17.7. The summed E-state index contributed by atoms with van der Waals surface area (Å²) in [6.45, 7) is 0. The summed E-state index contributed by atoms with van der Waals surface area (Å²) < 4.78 is 0. The third-order valence-corrected chi connectivity index (χ3v) is 6.44. The van der Waals surface area contributed by atoms with Crippen LogP contribution in [0.15, 0.2) is 73.4 Å². The summed E-state index contributed by atoms with van der Waals surface area (Å²) in [6, 6.07) is 13.9. The molecule has 0 spiro atoms. The normalized spacial score (nSPS) is 13.3. The maximum absolute atomic E-state index is 12.2. The van der Waals surface area contributed by atoms with Crippen molar-refractivity contribution >= 4 is 33.7 Å². The minimum atomic E-state index is 0.0608. The van der Waals surface area contributed by atoms with Gasteiger partial charge < -0.3 is 10.3 Å². The number of H-pyrrole nitrogens is 2. The fourth-order valence-electron chi connectivity index (χ4n) is 4.42. The van der Waals surface area contributed by atoms with Crippen molar-refractivity contribution in [2.45, 2.75) is 12.8 Å². The summed E-state index contributed by atoms with van der Waals surface area (Å²) >= 11 is 0. The smallest absolute Gasteiger partial charge is 0.227 e. The topological polar surface area (TPSA) is 125 Å². The van der Waals surface area contributed by atoms with Gasteiger partial charge in [0.15, 0.2) is 11.5 Å². The number of hydrogen-bond donors (Lipinski definition) is 3. The molecule has 0 unspecified atom stereocenters. The Bertz CT molecular complexity index is 1750. The average molecular weight is 473 g/mol. The molecule has 1 amide bonds. The molecule has 9 heteroatoms. The maximum atomic E-state index is 12.2. The van der Waals surface area contributed by atoms with E-state index in [1.54, 1.807) is 24.8 Å².